The number of hydrogen-bond donors (Lipinski definition) is 1. The summed E-state index contributed by atoms with van der Waals surface area (Å²) in [5, 5.41) is 20.3. The third-order valence-electron chi connectivity index (χ3n) is 0.962. The van der Waals surface area contributed by atoms with Crippen molar-refractivity contribution in [2.24, 2.45) is 5.18 Å². The normalized spacial score (nSPS) is 12.0. The molecule has 6 heteroatoms. The van der Waals surface area contributed by atoms with Crippen LogP contribution in [0.1, 0.15) is 12.8 Å². The molecule has 11 heavy (non-hydrogen) atoms. The number of aliphatic carboxylic acids is 2. The zero-order valence-electron chi connectivity index (χ0n) is 5.52. The minimum absolute atomic E-state index is 0.572. The highest BCUT2D eigenvalue weighted by atomic mass is 16.4. The van der Waals surface area contributed by atoms with Gasteiger partial charge in [0.2, 0.25) is 0 Å². The number of carbonyl (C=O) groups excluding carboxylic acids is 1. The Morgan fingerprint density at radius 1 is 1.45 bits per heavy atom. The highest BCUT2D eigenvalue weighted by molar-refractivity contribution is 5.70. The van der Waals surface area contributed by atoms with Gasteiger partial charge in [-0.2, -0.15) is 4.91 Å². The molecular weight excluding hydrogens is 154 g/mol. The van der Waals surface area contributed by atoms with Gasteiger partial charge in [0, 0.05) is 12.4 Å². The van der Waals surface area contributed by atoms with Crippen molar-refractivity contribution in [3.8, 4) is 0 Å². The maximum Gasteiger partial charge on any atom is 0.305 e. The van der Waals surface area contributed by atoms with Crippen LogP contribution < -0.4 is 5.11 Å². The van der Waals surface area contributed by atoms with Crippen molar-refractivity contribution in [3.63, 3.8) is 0 Å². The number of carboxylic acid groups (broad SMARTS) is 2. The van der Waals surface area contributed by atoms with Crippen molar-refractivity contribution in [2.75, 3.05) is 0 Å². The Kier molecular flexibility index (Phi) is 3.79. The smallest absolute Gasteiger partial charge is 0.305 e. The van der Waals surface area contributed by atoms with E-state index >= 15 is 0 Å². The van der Waals surface area contributed by atoms with Crippen LogP contribution in [0.25, 0.3) is 0 Å². The van der Waals surface area contributed by atoms with Crippen LogP contribution in [0.2, 0.25) is 0 Å². The molecule has 0 aliphatic carbocycles. The maximum absolute atomic E-state index is 9.94. The highest BCUT2D eigenvalue weighted by Crippen LogP contribution is 2.01. The second kappa shape index (κ2) is 4.37. The number of nitroso groups, excluding NO2 is 1. The van der Waals surface area contributed by atoms with E-state index in [4.69, 9.17) is 5.11 Å². The Morgan fingerprint density at radius 2 is 2.00 bits per heavy atom. The van der Waals surface area contributed by atoms with Gasteiger partial charge in [0.15, 0.2) is 0 Å². The number of carbonyl (C=O) groups is 2. The summed E-state index contributed by atoms with van der Waals surface area (Å²) in [6.07, 6.45) is -1.21. The van der Waals surface area contributed by atoms with Gasteiger partial charge in [-0.25, -0.2) is 0 Å². The number of nitrogens with zero attached hydrogens (tertiary/aromatic N) is 1. The van der Waals surface area contributed by atoms with Crippen molar-refractivity contribution in [2.45, 2.75) is 18.9 Å². The summed E-state index contributed by atoms with van der Waals surface area (Å²) in [4.78, 5) is 29.6. The van der Waals surface area contributed by atoms with Gasteiger partial charge in [-0.05, 0) is 0 Å². The van der Waals surface area contributed by atoms with Gasteiger partial charge in [0.1, 0.15) is 6.04 Å². The molecule has 0 fully saturated rings. The van der Waals surface area contributed by atoms with Crippen molar-refractivity contribution < 1.29 is 19.8 Å². The maximum atomic E-state index is 9.94. The second-order valence-electron chi connectivity index (χ2n) is 1.93. The molecule has 1 atom stereocenters. The average Bonchev–Trinajstić information content (AvgIpc) is 1.84. The molecule has 0 amide bonds. The fraction of sp³-hybridized carbons (Fsp3) is 0.600. The van der Waals surface area contributed by atoms with Crippen LogP contribution in [0.15, 0.2) is 5.18 Å². The first-order valence-corrected chi connectivity index (χ1v) is 2.80. The van der Waals surface area contributed by atoms with Gasteiger partial charge in [-0.1, -0.05) is 5.18 Å². The van der Waals surface area contributed by atoms with Crippen molar-refractivity contribution >= 4 is 11.9 Å². The lowest BCUT2D eigenvalue weighted by Crippen LogP contribution is -2.27. The largest absolute Gasteiger partial charge is 0.550 e. The predicted molar refractivity (Wildman–Crippen MR) is 31.5 cm³/mol. The first-order valence-electron chi connectivity index (χ1n) is 2.80. The van der Waals surface area contributed by atoms with E-state index in [2.05, 4.69) is 5.18 Å². The van der Waals surface area contributed by atoms with Gasteiger partial charge < -0.3 is 15.0 Å². The minimum Gasteiger partial charge on any atom is -0.550 e. The molecule has 0 aliphatic rings. The van der Waals surface area contributed by atoms with Crippen LogP contribution in [0.5, 0.6) is 0 Å². The fourth-order valence-electron chi connectivity index (χ4n) is 0.541. The van der Waals surface area contributed by atoms with E-state index in [0.717, 1.165) is 0 Å². The molecule has 0 bridgehead atoms. The molecular formula is C5H6NO5-. The third-order valence-corrected chi connectivity index (χ3v) is 0.962. The molecule has 0 unspecified atom stereocenters. The second-order valence-corrected chi connectivity index (χ2v) is 1.93. The molecule has 0 saturated carbocycles. The van der Waals surface area contributed by atoms with Gasteiger partial charge in [-0.3, -0.25) is 4.79 Å². The lowest BCUT2D eigenvalue weighted by Gasteiger charge is -2.05. The van der Waals surface area contributed by atoms with E-state index in [9.17, 15) is 19.6 Å². The molecule has 0 spiro atoms. The standard InChI is InChI=1S/C5H7NO5/c7-4(8)1-3(6-11)2-5(9)10/h3H,1-2H2,(H,7,8)(H,9,10)/p-1. The zero-order valence-corrected chi connectivity index (χ0v) is 5.52. The summed E-state index contributed by atoms with van der Waals surface area (Å²) in [5.74, 6) is -2.73. The molecule has 0 radical (unpaired) electrons. The van der Waals surface area contributed by atoms with E-state index in [-0.39, 0.29) is 0 Å². The number of hydrogen-bond acceptors (Lipinski definition) is 5. The summed E-state index contributed by atoms with van der Waals surface area (Å²) in [5.41, 5.74) is 0. The summed E-state index contributed by atoms with van der Waals surface area (Å²) >= 11 is 0. The topological polar surface area (TPSA) is 107 Å². The Bertz CT molecular complexity index is 162. The van der Waals surface area contributed by atoms with Gasteiger partial charge in [0.25, 0.3) is 0 Å². The Labute approximate surface area is 61.8 Å². The predicted octanol–water partition coefficient (Wildman–Crippen LogP) is -1.26. The Hall–Kier alpha value is -1.46. The van der Waals surface area contributed by atoms with Crippen LogP contribution in [0.3, 0.4) is 0 Å². The van der Waals surface area contributed by atoms with Gasteiger partial charge in [0.05, 0.1) is 6.42 Å². The van der Waals surface area contributed by atoms with E-state index in [0.29, 0.717) is 0 Å². The van der Waals surface area contributed by atoms with Crippen LogP contribution >= 0.6 is 0 Å². The lowest BCUT2D eigenvalue weighted by atomic mass is 10.1. The SMILES string of the molecule is O=N[C@H](CC(=O)[O-])CC(=O)O. The fourth-order valence-corrected chi connectivity index (χ4v) is 0.541. The Morgan fingerprint density at radius 3 is 2.27 bits per heavy atom. The molecule has 0 aromatic rings. The highest BCUT2D eigenvalue weighted by Gasteiger charge is 2.13. The van der Waals surface area contributed by atoms with Crippen LogP contribution in [0.4, 0.5) is 0 Å². The van der Waals surface area contributed by atoms with Gasteiger partial charge in [-0.15, -0.1) is 0 Å². The molecule has 0 aromatic heterocycles. The molecule has 0 heterocycles. The zero-order chi connectivity index (χ0) is 8.85. The van der Waals surface area contributed by atoms with Crippen molar-refractivity contribution in [3.05, 3.63) is 4.91 Å². The van der Waals surface area contributed by atoms with E-state index in [1.165, 1.54) is 0 Å². The molecule has 0 aromatic carbocycles. The summed E-state index contributed by atoms with van der Waals surface area (Å²) in [6, 6.07) is -1.22. The Balaban J connectivity index is 3.85. The quantitative estimate of drug-likeness (QED) is 0.505. The molecule has 1 N–H and O–H groups in total. The average molecular weight is 160 g/mol. The van der Waals surface area contributed by atoms with Crippen LogP contribution in [-0.2, 0) is 9.59 Å². The summed E-state index contributed by atoms with van der Waals surface area (Å²) in [7, 11) is 0. The minimum atomic E-state index is -1.48. The lowest BCUT2D eigenvalue weighted by molar-refractivity contribution is -0.306. The van der Waals surface area contributed by atoms with Crippen molar-refractivity contribution in [1.82, 2.24) is 0 Å². The molecule has 0 rings (SSSR count). The molecule has 6 nitrogen and oxygen atoms in total. The summed E-state index contributed by atoms with van der Waals surface area (Å²) in [6.45, 7) is 0. The first-order chi connectivity index (χ1) is 5.06. The monoisotopic (exact) mass is 160 g/mol. The van der Waals surface area contributed by atoms with E-state index < -0.39 is 30.8 Å². The first kappa shape index (κ1) is 9.54. The van der Waals surface area contributed by atoms with E-state index in [1.807, 2.05) is 0 Å². The molecule has 0 aliphatic heterocycles. The number of rotatable bonds is 5. The van der Waals surface area contributed by atoms with Gasteiger partial charge >= 0.3 is 5.97 Å². The summed E-state index contributed by atoms with van der Waals surface area (Å²) < 4.78 is 0. The van der Waals surface area contributed by atoms with Crippen LogP contribution in [0, 0.1) is 4.91 Å². The molecule has 62 valence electrons. The van der Waals surface area contributed by atoms with Crippen molar-refractivity contribution in [1.29, 1.82) is 0 Å². The number of carboxylic acids is 2. The van der Waals surface area contributed by atoms with Crippen LogP contribution in [-0.4, -0.2) is 23.1 Å². The third kappa shape index (κ3) is 5.01. The molecule has 0 saturated heterocycles. The van der Waals surface area contributed by atoms with E-state index in [1.54, 1.807) is 0 Å².